The summed E-state index contributed by atoms with van der Waals surface area (Å²) in [5, 5.41) is 4.74. The number of thioether (sulfide) groups is 1. The molecule has 78 heavy (non-hydrogen) atoms. The van der Waals surface area contributed by atoms with E-state index in [1.54, 1.807) is 0 Å². The maximum atomic E-state index is 6.19. The molecule has 0 fully saturated rings. The van der Waals surface area contributed by atoms with Gasteiger partial charge in [0.25, 0.3) is 6.71 Å². The first-order valence-electron chi connectivity index (χ1n) is 26.9. The quantitative estimate of drug-likeness (QED) is 0.112. The largest absolute Gasteiger partial charge is 0.464 e. The number of para-hydroxylation sites is 2. The second-order valence-electron chi connectivity index (χ2n) is 22.9. The first-order chi connectivity index (χ1) is 37.9. The van der Waals surface area contributed by atoms with E-state index in [9.17, 15) is 0 Å². The van der Waals surface area contributed by atoms with Gasteiger partial charge in [-0.1, -0.05) is 181 Å². The van der Waals surface area contributed by atoms with Crippen LogP contribution in [0.5, 0.6) is 0 Å². The summed E-state index contributed by atoms with van der Waals surface area (Å²) in [6, 6.07) is 74.0. The normalized spacial score (nSPS) is 13.4. The van der Waals surface area contributed by atoms with Crippen LogP contribution in [0.4, 0.5) is 27.8 Å². The van der Waals surface area contributed by atoms with E-state index in [-0.39, 0.29) is 17.5 Å². The number of benzene rings is 9. The minimum Gasteiger partial charge on any atom is -0.464 e. The molecule has 3 aromatic heterocycles. The van der Waals surface area contributed by atoms with Crippen LogP contribution in [-0.4, -0.2) is 13.0 Å². The Bertz CT molecular complexity index is 4360. The standard InChI is InChI=1S/C71H57BN2O2S2/c1-70(2,3)48-31-35-65(77-7)54(39-48)58-41-73(59-33-29-46(37-52(59)44-19-10-8-11-20-44)56-42-75-63-27-16-14-23-50(56)63)61-25-18-26-62-68(61)72(58)67-55-40-49(71(4,5)6)32-36-66(55)78-69(67)74(62)60-34-30-47(38-53(60)45-21-12-9-13-22-45)57-43-76-64-28-17-15-24-51(57)64/h8-43H,1-7H3. The van der Waals surface area contributed by atoms with Crippen LogP contribution in [-0.2, 0) is 10.8 Å². The van der Waals surface area contributed by atoms with Crippen molar-refractivity contribution in [3.8, 4) is 44.5 Å². The molecule has 9 aromatic carbocycles. The highest BCUT2D eigenvalue weighted by molar-refractivity contribution is 7.98. The van der Waals surface area contributed by atoms with Gasteiger partial charge >= 0.3 is 0 Å². The minimum atomic E-state index is -0.114. The number of fused-ring (bicyclic) bond motifs is 6. The summed E-state index contributed by atoms with van der Waals surface area (Å²) in [6.45, 7) is 13.9. The molecule has 7 heteroatoms. The molecular weight excluding hydrogens is 988 g/mol. The Kier molecular flexibility index (Phi) is 11.4. The highest BCUT2D eigenvalue weighted by atomic mass is 32.2. The van der Waals surface area contributed by atoms with Crippen molar-refractivity contribution < 1.29 is 8.83 Å². The number of rotatable bonds is 8. The van der Waals surface area contributed by atoms with Gasteiger partial charge in [0.1, 0.15) is 11.2 Å². The molecule has 5 heterocycles. The summed E-state index contributed by atoms with van der Waals surface area (Å²) in [6.07, 6.45) is 8.56. The summed E-state index contributed by atoms with van der Waals surface area (Å²) >= 11 is 3.74. The average Bonchev–Trinajstić information content (AvgIpc) is 3.66. The predicted molar refractivity (Wildman–Crippen MR) is 335 cm³/mol. The summed E-state index contributed by atoms with van der Waals surface area (Å²) < 4.78 is 13.6. The predicted octanol–water partition coefficient (Wildman–Crippen LogP) is 19.5. The van der Waals surface area contributed by atoms with Gasteiger partial charge in [0, 0.05) is 60.2 Å². The second-order valence-corrected chi connectivity index (χ2v) is 24.7. The summed E-state index contributed by atoms with van der Waals surface area (Å²) in [7, 11) is 0. The molecule has 0 aliphatic carbocycles. The van der Waals surface area contributed by atoms with Gasteiger partial charge in [-0.2, -0.15) is 0 Å². The van der Waals surface area contributed by atoms with Crippen LogP contribution in [0.1, 0.15) is 58.2 Å². The molecule has 378 valence electrons. The highest BCUT2D eigenvalue weighted by Gasteiger charge is 2.46. The van der Waals surface area contributed by atoms with Gasteiger partial charge in [0.05, 0.1) is 28.9 Å². The van der Waals surface area contributed by atoms with Crippen LogP contribution in [0.2, 0.25) is 0 Å². The fourth-order valence-corrected chi connectivity index (χ4v) is 13.9. The molecule has 0 unspecified atom stereocenters. The molecule has 12 aromatic rings. The molecule has 4 nitrogen and oxygen atoms in total. The van der Waals surface area contributed by atoms with Gasteiger partial charge in [-0.25, -0.2) is 0 Å². The smallest absolute Gasteiger partial charge is 0.254 e. The fraction of sp³-hybridized carbons (Fsp3) is 0.127. The Balaban J connectivity index is 1.09. The molecule has 0 N–H and O–H groups in total. The molecule has 2 aliphatic heterocycles. The van der Waals surface area contributed by atoms with Gasteiger partial charge in [-0.05, 0) is 138 Å². The van der Waals surface area contributed by atoms with Gasteiger partial charge < -0.3 is 18.6 Å². The summed E-state index contributed by atoms with van der Waals surface area (Å²) in [5.41, 5.74) is 22.9. The van der Waals surface area contributed by atoms with Crippen LogP contribution < -0.4 is 20.7 Å². The SMILES string of the molecule is CSc1ccc(C(C)(C)C)cc1C1=CN(c2ccc(-c3coc4ccccc34)cc2-c2ccccc2)c2cccc3c2B1c1c(sc2ccc(C(C)(C)C)cc12)N3c1ccc(-c2coc3ccccc23)cc1-c1ccccc1. The highest BCUT2D eigenvalue weighted by Crippen LogP contribution is 2.53. The molecule has 0 bridgehead atoms. The molecule has 0 saturated carbocycles. The number of furan rings is 2. The van der Waals surface area contributed by atoms with Crippen LogP contribution in [0.15, 0.2) is 233 Å². The van der Waals surface area contributed by atoms with Crippen LogP contribution >= 0.6 is 23.1 Å². The van der Waals surface area contributed by atoms with E-state index in [1.165, 1.54) is 58.8 Å². The van der Waals surface area contributed by atoms with Crippen molar-refractivity contribution in [2.45, 2.75) is 57.3 Å². The second kappa shape index (κ2) is 18.5. The van der Waals surface area contributed by atoms with Crippen LogP contribution in [0.3, 0.4) is 0 Å². The summed E-state index contributed by atoms with van der Waals surface area (Å²) in [5.74, 6) is 0. The Morgan fingerprint density at radius 3 is 1.60 bits per heavy atom. The van der Waals surface area contributed by atoms with Crippen molar-refractivity contribution in [1.29, 1.82) is 0 Å². The first kappa shape index (κ1) is 48.2. The van der Waals surface area contributed by atoms with Crippen LogP contribution in [0, 0.1) is 0 Å². The molecular formula is C71H57BN2O2S2. The van der Waals surface area contributed by atoms with Crippen molar-refractivity contribution >= 4 is 106 Å². The zero-order chi connectivity index (χ0) is 53.0. The van der Waals surface area contributed by atoms with Gasteiger partial charge in [0.15, 0.2) is 0 Å². The number of nitrogens with zero attached hydrogens (tertiary/aromatic N) is 2. The van der Waals surface area contributed by atoms with E-state index in [2.05, 4.69) is 240 Å². The lowest BCUT2D eigenvalue weighted by atomic mass is 9.32. The number of thiophene rings is 1. The molecule has 0 amide bonds. The van der Waals surface area contributed by atoms with E-state index in [0.29, 0.717) is 0 Å². The lowest BCUT2D eigenvalue weighted by molar-refractivity contribution is 0.589. The first-order valence-corrected chi connectivity index (χ1v) is 29.0. The molecule has 0 atom stereocenters. The van der Waals surface area contributed by atoms with Crippen molar-refractivity contribution in [3.63, 3.8) is 0 Å². The van der Waals surface area contributed by atoms with Crippen molar-refractivity contribution in [1.82, 2.24) is 0 Å². The Morgan fingerprint density at radius 1 is 0.436 bits per heavy atom. The summed E-state index contributed by atoms with van der Waals surface area (Å²) in [4.78, 5) is 6.38. The maximum absolute atomic E-state index is 6.19. The zero-order valence-electron chi connectivity index (χ0n) is 44.9. The van der Waals surface area contributed by atoms with E-state index < -0.39 is 0 Å². The fourth-order valence-electron chi connectivity index (χ4n) is 12.1. The van der Waals surface area contributed by atoms with Gasteiger partial charge in [-0.15, -0.1) is 23.1 Å². The lowest BCUT2D eigenvalue weighted by Gasteiger charge is -2.42. The number of anilines is 5. The Hall–Kier alpha value is -8.23. The monoisotopic (exact) mass is 1040 g/mol. The molecule has 2 aliphatic rings. The zero-order valence-corrected chi connectivity index (χ0v) is 46.5. The molecule has 0 radical (unpaired) electrons. The number of hydrogen-bond acceptors (Lipinski definition) is 6. The van der Waals surface area contributed by atoms with Crippen molar-refractivity contribution in [2.24, 2.45) is 0 Å². The van der Waals surface area contributed by atoms with Crippen molar-refractivity contribution in [3.05, 3.63) is 236 Å². The Morgan fingerprint density at radius 2 is 0.987 bits per heavy atom. The van der Waals surface area contributed by atoms with E-state index >= 15 is 0 Å². The van der Waals surface area contributed by atoms with E-state index in [1.807, 2.05) is 59.9 Å². The molecule has 0 saturated heterocycles. The van der Waals surface area contributed by atoms with Gasteiger partial charge in [-0.3, -0.25) is 0 Å². The maximum Gasteiger partial charge on any atom is 0.254 e. The third kappa shape index (κ3) is 7.88. The van der Waals surface area contributed by atoms with Crippen LogP contribution in [0.25, 0.3) is 82.0 Å². The number of hydrogen-bond donors (Lipinski definition) is 0. The minimum absolute atomic E-state index is 0.0637. The Labute approximate surface area is 465 Å². The third-order valence-electron chi connectivity index (χ3n) is 16.1. The third-order valence-corrected chi connectivity index (χ3v) is 18.1. The van der Waals surface area contributed by atoms with E-state index in [4.69, 9.17) is 8.83 Å². The topological polar surface area (TPSA) is 32.8 Å². The average molecular weight is 1050 g/mol. The van der Waals surface area contributed by atoms with Crippen molar-refractivity contribution in [2.75, 3.05) is 16.1 Å². The lowest BCUT2D eigenvalue weighted by Crippen LogP contribution is -2.54. The molecule has 0 spiro atoms. The van der Waals surface area contributed by atoms with Gasteiger partial charge in [0.2, 0.25) is 0 Å². The van der Waals surface area contributed by atoms with E-state index in [0.717, 1.165) is 83.5 Å². The molecule has 14 rings (SSSR count).